The number of nitrogens with zero attached hydrogens (tertiary/aromatic N) is 3. The van der Waals surface area contributed by atoms with Crippen LogP contribution in [0.25, 0.3) is 16.3 Å². The predicted molar refractivity (Wildman–Crippen MR) is 183 cm³/mol. The summed E-state index contributed by atoms with van der Waals surface area (Å²) >= 11 is 3.08. The second-order valence-corrected chi connectivity index (χ2v) is 15.3. The maximum atomic E-state index is 11.3. The molecule has 2 heterocycles. The van der Waals surface area contributed by atoms with E-state index in [-0.39, 0.29) is 18.6 Å². The third-order valence-corrected chi connectivity index (χ3v) is 10.8. The first-order chi connectivity index (χ1) is 21.4. The Morgan fingerprint density at radius 1 is 0.978 bits per heavy atom. The summed E-state index contributed by atoms with van der Waals surface area (Å²) in [4.78, 5) is 5.41. The van der Waals surface area contributed by atoms with Gasteiger partial charge in [0.05, 0.1) is 39.3 Å². The van der Waals surface area contributed by atoms with Gasteiger partial charge in [0.2, 0.25) is 5.52 Å². The topological polar surface area (TPSA) is 131 Å². The molecule has 0 unspecified atom stereocenters. The lowest BCUT2D eigenvalue weighted by molar-refractivity contribution is -0.668. The molecule has 0 fully saturated rings. The number of aromatic nitrogens is 1. The molecule has 1 N–H and O–H groups in total. The number of thioether (sulfide) groups is 1. The number of fused-ring (bicyclic) bond motifs is 2. The predicted octanol–water partition coefficient (Wildman–Crippen LogP) is 5.58. The first-order valence-corrected chi connectivity index (χ1v) is 19.8. The van der Waals surface area contributed by atoms with Crippen molar-refractivity contribution < 1.29 is 35.2 Å². The quantitative estimate of drug-likeness (QED) is 0.122. The molecule has 4 rings (SSSR count). The molecular weight excluding hydrogens is 655 g/mol. The lowest BCUT2D eigenvalue weighted by Gasteiger charge is -2.20. The molecule has 248 valence electrons. The lowest BCUT2D eigenvalue weighted by Crippen LogP contribution is -2.36. The molecule has 0 aliphatic carbocycles. The SMILES string of the molecule is CCN(CC)CC.CCOC(=C\c1sc2ccccc2[n+]1CCCS(=O)(=O)[O-])/C=C1\Sc2ccccc2N1CCCS(=O)(=O)O. The van der Waals surface area contributed by atoms with Crippen molar-refractivity contribution in [1.29, 1.82) is 0 Å². The zero-order valence-corrected chi connectivity index (χ0v) is 29.5. The van der Waals surface area contributed by atoms with Gasteiger partial charge in [-0.15, -0.1) is 0 Å². The van der Waals surface area contributed by atoms with Gasteiger partial charge in [-0.25, -0.2) is 8.42 Å². The summed E-state index contributed by atoms with van der Waals surface area (Å²) in [7, 11) is -8.38. The van der Waals surface area contributed by atoms with Gasteiger partial charge in [-0.1, -0.05) is 68.1 Å². The van der Waals surface area contributed by atoms with Crippen LogP contribution in [0.5, 0.6) is 0 Å². The van der Waals surface area contributed by atoms with Crippen LogP contribution in [-0.4, -0.2) is 75.1 Å². The van der Waals surface area contributed by atoms with E-state index in [4.69, 9.17) is 4.74 Å². The summed E-state index contributed by atoms with van der Waals surface area (Å²) in [6.45, 7) is 13.2. The van der Waals surface area contributed by atoms with E-state index in [9.17, 15) is 25.9 Å². The van der Waals surface area contributed by atoms with E-state index in [1.165, 1.54) is 31.0 Å². The normalized spacial score (nSPS) is 14.6. The summed E-state index contributed by atoms with van der Waals surface area (Å²) in [5.74, 6) is -0.193. The highest BCUT2D eigenvalue weighted by Crippen LogP contribution is 2.46. The van der Waals surface area contributed by atoms with Crippen molar-refractivity contribution in [3.8, 4) is 0 Å². The highest BCUT2D eigenvalue weighted by molar-refractivity contribution is 8.03. The van der Waals surface area contributed by atoms with Gasteiger partial charge in [0.1, 0.15) is 10.5 Å². The number of allylic oxidation sites excluding steroid dienone is 1. The first kappa shape index (κ1) is 37.0. The number of para-hydroxylation sites is 2. The number of rotatable bonds is 15. The standard InChI is InChI=1S/C25H28N2O7S4.C6H15N/c1-2-34-19(17-24-26(13-7-15-37(28,29)30)20-9-3-5-11-22(20)35-24)18-25-27(14-8-16-38(31,32)33)21-10-4-6-12-23(21)36-25;1-4-7(5-2)6-3/h3-6,9-12,17-18H,2,7-8,13-16H2,1H3,(H-,28,29,30,31,32,33);4-6H2,1-3H3. The second kappa shape index (κ2) is 17.5. The number of benzene rings is 2. The fourth-order valence-corrected chi connectivity index (χ4v) is 8.03. The van der Waals surface area contributed by atoms with Gasteiger partial charge in [0.25, 0.3) is 15.1 Å². The van der Waals surface area contributed by atoms with Crippen molar-refractivity contribution in [3.63, 3.8) is 0 Å². The highest BCUT2D eigenvalue weighted by atomic mass is 32.2. The van der Waals surface area contributed by atoms with Gasteiger partial charge >= 0.3 is 0 Å². The van der Waals surface area contributed by atoms with Gasteiger partial charge in [-0.2, -0.15) is 13.0 Å². The van der Waals surface area contributed by atoms with Gasteiger partial charge in [-0.3, -0.25) is 4.55 Å². The number of aryl methyl sites for hydroxylation is 1. The largest absolute Gasteiger partial charge is 0.748 e. The molecule has 0 spiro atoms. The smallest absolute Gasteiger partial charge is 0.266 e. The van der Waals surface area contributed by atoms with Crippen molar-refractivity contribution in [2.24, 2.45) is 0 Å². The Bertz CT molecular complexity index is 1680. The minimum absolute atomic E-state index is 0.190. The first-order valence-electron chi connectivity index (χ1n) is 15.0. The Labute approximate surface area is 275 Å². The highest BCUT2D eigenvalue weighted by Gasteiger charge is 2.26. The molecular formula is C31H43N3O7S4. The number of anilines is 1. The van der Waals surface area contributed by atoms with Crippen LogP contribution in [0.3, 0.4) is 0 Å². The molecule has 45 heavy (non-hydrogen) atoms. The number of ether oxygens (including phenoxy) is 1. The average Bonchev–Trinajstić information content (AvgIpc) is 3.50. The van der Waals surface area contributed by atoms with E-state index >= 15 is 0 Å². The molecule has 1 aliphatic rings. The van der Waals surface area contributed by atoms with Gasteiger partial charge in [-0.05, 0) is 51.2 Å². The van der Waals surface area contributed by atoms with Crippen LogP contribution in [0.1, 0.15) is 45.5 Å². The van der Waals surface area contributed by atoms with E-state index in [0.717, 1.165) is 30.8 Å². The maximum Gasteiger partial charge on any atom is 0.266 e. The van der Waals surface area contributed by atoms with Crippen LogP contribution in [-0.2, 0) is 31.5 Å². The number of hydrogen-bond donors (Lipinski definition) is 1. The average molecular weight is 698 g/mol. The molecule has 0 atom stereocenters. The summed E-state index contributed by atoms with van der Waals surface area (Å²) in [6, 6.07) is 15.6. The van der Waals surface area contributed by atoms with Crippen LogP contribution < -0.4 is 9.47 Å². The van der Waals surface area contributed by atoms with Crippen molar-refractivity contribution in [1.82, 2.24) is 4.90 Å². The minimum atomic E-state index is -4.31. The van der Waals surface area contributed by atoms with E-state index < -0.39 is 26.0 Å². The molecule has 0 amide bonds. The van der Waals surface area contributed by atoms with Crippen molar-refractivity contribution in [3.05, 3.63) is 70.4 Å². The van der Waals surface area contributed by atoms with E-state index in [2.05, 4.69) is 25.7 Å². The Morgan fingerprint density at radius 2 is 1.64 bits per heavy atom. The number of hydrogen-bond acceptors (Lipinski definition) is 10. The molecule has 10 nitrogen and oxygen atoms in total. The molecule has 0 saturated heterocycles. The van der Waals surface area contributed by atoms with Gasteiger partial charge in [0, 0.05) is 35.8 Å². The van der Waals surface area contributed by atoms with Gasteiger partial charge in [0.15, 0.2) is 6.54 Å². The fourth-order valence-electron chi connectivity index (χ4n) is 4.79. The monoisotopic (exact) mass is 697 g/mol. The number of thiazole rings is 1. The summed E-state index contributed by atoms with van der Waals surface area (Å²) in [6.07, 6.45) is 4.23. The third-order valence-electron chi connectivity index (χ3n) is 7.02. The van der Waals surface area contributed by atoms with Crippen LogP contribution in [0.2, 0.25) is 0 Å². The Morgan fingerprint density at radius 3 is 2.27 bits per heavy atom. The third kappa shape index (κ3) is 11.7. The molecule has 0 saturated carbocycles. The van der Waals surface area contributed by atoms with E-state index in [0.29, 0.717) is 25.5 Å². The van der Waals surface area contributed by atoms with Gasteiger partial charge < -0.3 is 19.1 Å². The zero-order chi connectivity index (χ0) is 33.0. The molecule has 0 bridgehead atoms. The van der Waals surface area contributed by atoms with E-state index in [1.54, 1.807) is 11.8 Å². The molecule has 2 aromatic carbocycles. The summed E-state index contributed by atoms with van der Waals surface area (Å²) in [5, 5.41) is 1.69. The van der Waals surface area contributed by atoms with E-state index in [1.807, 2.05) is 77.1 Å². The Hall–Kier alpha value is -2.46. The summed E-state index contributed by atoms with van der Waals surface area (Å²) < 4.78 is 74.2. The molecule has 1 aliphatic heterocycles. The molecule has 1 aromatic heterocycles. The second-order valence-electron chi connectivity index (χ2n) is 10.1. The summed E-state index contributed by atoms with van der Waals surface area (Å²) in [5.41, 5.74) is 1.88. The molecule has 3 aromatic rings. The lowest BCUT2D eigenvalue weighted by atomic mass is 10.2. The Kier molecular flexibility index (Phi) is 14.4. The minimum Gasteiger partial charge on any atom is -0.748 e. The van der Waals surface area contributed by atoms with Crippen molar-refractivity contribution >= 4 is 65.3 Å². The van der Waals surface area contributed by atoms with Crippen molar-refractivity contribution in [2.45, 2.75) is 52.0 Å². The van der Waals surface area contributed by atoms with Crippen molar-refractivity contribution in [2.75, 3.05) is 49.2 Å². The zero-order valence-electron chi connectivity index (χ0n) is 26.2. The fraction of sp³-hybridized carbons (Fsp3) is 0.452. The Balaban J connectivity index is 0.000000707. The molecule has 14 heteroatoms. The van der Waals surface area contributed by atoms with Crippen LogP contribution in [0.4, 0.5) is 5.69 Å². The van der Waals surface area contributed by atoms with Crippen LogP contribution in [0.15, 0.2) is 70.3 Å². The maximum absolute atomic E-state index is 11.3. The molecule has 0 radical (unpaired) electrons. The van der Waals surface area contributed by atoms with Crippen LogP contribution in [0, 0.1) is 0 Å². The van der Waals surface area contributed by atoms with Crippen LogP contribution >= 0.6 is 23.1 Å².